The van der Waals surface area contributed by atoms with E-state index in [1.54, 1.807) is 6.07 Å². The first-order valence-corrected chi connectivity index (χ1v) is 9.05. The van der Waals surface area contributed by atoms with Crippen LogP contribution in [-0.4, -0.2) is 57.7 Å². The number of hydrogen-bond donors (Lipinski definition) is 4. The number of ether oxygens (including phenoxy) is 2. The van der Waals surface area contributed by atoms with E-state index in [1.807, 2.05) is 0 Å². The predicted octanol–water partition coefficient (Wildman–Crippen LogP) is 1.70. The summed E-state index contributed by atoms with van der Waals surface area (Å²) in [5, 5.41) is 47.6. The SMILES string of the molecule is N#Cc1cc(F)cc(-c2cc(F)c(O[C@H]3O[C@H](CO)[C@@H](O)[C@H](O)[C@@H]3O)c(C(F)(F)F)c2)c1. The number of nitrogens with zero attached hydrogens (tertiary/aromatic N) is 1. The average molecular weight is 461 g/mol. The van der Waals surface area contributed by atoms with Gasteiger partial charge in [-0.05, 0) is 41.5 Å². The Kier molecular flexibility index (Phi) is 6.68. The molecule has 0 aliphatic carbocycles. The van der Waals surface area contributed by atoms with Gasteiger partial charge >= 0.3 is 6.18 Å². The highest BCUT2D eigenvalue weighted by Crippen LogP contribution is 2.42. The molecule has 3 rings (SSSR count). The quantitative estimate of drug-likeness (QED) is 0.511. The Labute approximate surface area is 177 Å². The van der Waals surface area contributed by atoms with E-state index < -0.39 is 72.0 Å². The number of benzene rings is 2. The van der Waals surface area contributed by atoms with Gasteiger partial charge in [-0.1, -0.05) is 0 Å². The molecule has 1 heterocycles. The van der Waals surface area contributed by atoms with Crippen LogP contribution in [-0.2, 0) is 10.9 Å². The van der Waals surface area contributed by atoms with Crippen molar-refractivity contribution in [1.82, 2.24) is 0 Å². The van der Waals surface area contributed by atoms with Crippen molar-refractivity contribution >= 4 is 0 Å². The molecule has 1 aliphatic rings. The second kappa shape index (κ2) is 8.97. The molecule has 1 fully saturated rings. The summed E-state index contributed by atoms with van der Waals surface area (Å²) in [6.07, 6.45) is -14.6. The van der Waals surface area contributed by atoms with Crippen LogP contribution in [0.2, 0.25) is 0 Å². The molecule has 0 spiro atoms. The minimum atomic E-state index is -5.17. The monoisotopic (exact) mass is 461 g/mol. The number of halogens is 5. The molecule has 2 aromatic rings. The summed E-state index contributed by atoms with van der Waals surface area (Å²) >= 11 is 0. The van der Waals surface area contributed by atoms with E-state index in [9.17, 15) is 42.4 Å². The van der Waals surface area contributed by atoms with Gasteiger partial charge in [0.2, 0.25) is 6.29 Å². The fourth-order valence-electron chi connectivity index (χ4n) is 3.19. The molecule has 172 valence electrons. The Morgan fingerprint density at radius 3 is 2.22 bits per heavy atom. The lowest BCUT2D eigenvalue weighted by atomic mass is 9.98. The molecule has 0 saturated carbocycles. The van der Waals surface area contributed by atoms with Crippen LogP contribution in [0.25, 0.3) is 11.1 Å². The minimum absolute atomic E-state index is 0.199. The zero-order valence-electron chi connectivity index (χ0n) is 15.9. The van der Waals surface area contributed by atoms with Crippen molar-refractivity contribution < 1.29 is 51.9 Å². The van der Waals surface area contributed by atoms with Crippen LogP contribution in [0.5, 0.6) is 5.75 Å². The lowest BCUT2D eigenvalue weighted by Gasteiger charge is -2.39. The molecule has 7 nitrogen and oxygen atoms in total. The minimum Gasteiger partial charge on any atom is -0.458 e. The van der Waals surface area contributed by atoms with Gasteiger partial charge in [-0.2, -0.15) is 18.4 Å². The van der Waals surface area contributed by atoms with Gasteiger partial charge in [-0.3, -0.25) is 0 Å². The van der Waals surface area contributed by atoms with E-state index in [0.29, 0.717) is 12.1 Å². The van der Waals surface area contributed by atoms with Gasteiger partial charge < -0.3 is 29.9 Å². The Bertz CT molecular complexity index is 1040. The molecule has 1 aliphatic heterocycles. The second-order valence-corrected chi connectivity index (χ2v) is 6.99. The molecule has 0 bridgehead atoms. The predicted molar refractivity (Wildman–Crippen MR) is 95.9 cm³/mol. The fraction of sp³-hybridized carbons (Fsp3) is 0.350. The molecule has 2 aromatic carbocycles. The molecular weight excluding hydrogens is 445 g/mol. The summed E-state index contributed by atoms with van der Waals surface area (Å²) in [5.74, 6) is -3.87. The van der Waals surface area contributed by atoms with Crippen molar-refractivity contribution in [3.63, 3.8) is 0 Å². The Morgan fingerprint density at radius 1 is 0.969 bits per heavy atom. The number of hydrogen-bond acceptors (Lipinski definition) is 7. The molecule has 0 aromatic heterocycles. The first-order chi connectivity index (χ1) is 15.0. The normalized spacial score (nSPS) is 25.9. The molecule has 1 saturated heterocycles. The van der Waals surface area contributed by atoms with E-state index in [1.165, 1.54) is 0 Å². The zero-order valence-corrected chi connectivity index (χ0v) is 15.9. The molecule has 12 heteroatoms. The maximum Gasteiger partial charge on any atom is 0.420 e. The highest BCUT2D eigenvalue weighted by atomic mass is 19.4. The lowest BCUT2D eigenvalue weighted by Crippen LogP contribution is -2.60. The van der Waals surface area contributed by atoms with Crippen molar-refractivity contribution in [3.05, 3.63) is 53.1 Å². The number of nitriles is 1. The summed E-state index contributed by atoms with van der Waals surface area (Å²) in [5.41, 5.74) is -2.46. The number of aliphatic hydroxyl groups is 4. The maximum atomic E-state index is 14.8. The first kappa shape index (κ1) is 23.8. The molecular formula is C20H16F5NO6. The van der Waals surface area contributed by atoms with Gasteiger partial charge in [0.25, 0.3) is 0 Å². The van der Waals surface area contributed by atoms with Crippen molar-refractivity contribution in [2.24, 2.45) is 0 Å². The van der Waals surface area contributed by atoms with E-state index in [0.717, 1.165) is 18.2 Å². The van der Waals surface area contributed by atoms with Crippen LogP contribution >= 0.6 is 0 Å². The van der Waals surface area contributed by atoms with Crippen LogP contribution in [0.15, 0.2) is 30.3 Å². The summed E-state index contributed by atoms with van der Waals surface area (Å²) in [6.45, 7) is -0.876. The third-order valence-electron chi connectivity index (χ3n) is 4.79. The Morgan fingerprint density at radius 2 is 1.62 bits per heavy atom. The fourth-order valence-corrected chi connectivity index (χ4v) is 3.19. The molecule has 4 N–H and O–H groups in total. The van der Waals surface area contributed by atoms with Crippen molar-refractivity contribution in [2.75, 3.05) is 6.61 Å². The van der Waals surface area contributed by atoms with Gasteiger partial charge in [-0.25, -0.2) is 8.78 Å². The zero-order chi connectivity index (χ0) is 23.8. The summed E-state index contributed by atoms with van der Waals surface area (Å²) in [4.78, 5) is 0. The van der Waals surface area contributed by atoms with Crippen LogP contribution in [0.3, 0.4) is 0 Å². The number of alkyl halides is 3. The van der Waals surface area contributed by atoms with Crippen LogP contribution in [0.4, 0.5) is 22.0 Å². The molecule has 32 heavy (non-hydrogen) atoms. The summed E-state index contributed by atoms with van der Waals surface area (Å²) < 4.78 is 79.4. The third kappa shape index (κ3) is 4.67. The molecule has 0 amide bonds. The van der Waals surface area contributed by atoms with Gasteiger partial charge in [0.05, 0.1) is 18.2 Å². The van der Waals surface area contributed by atoms with Crippen molar-refractivity contribution in [2.45, 2.75) is 36.9 Å². The largest absolute Gasteiger partial charge is 0.458 e. The molecule has 5 atom stereocenters. The van der Waals surface area contributed by atoms with E-state index >= 15 is 0 Å². The van der Waals surface area contributed by atoms with Gasteiger partial charge in [0.15, 0.2) is 11.6 Å². The summed E-state index contributed by atoms with van der Waals surface area (Å²) in [7, 11) is 0. The Balaban J connectivity index is 2.06. The lowest BCUT2D eigenvalue weighted by molar-refractivity contribution is -0.278. The smallest absolute Gasteiger partial charge is 0.420 e. The van der Waals surface area contributed by atoms with Crippen LogP contribution in [0, 0.1) is 23.0 Å². The summed E-state index contributed by atoms with van der Waals surface area (Å²) in [6, 6.07) is 5.42. The second-order valence-electron chi connectivity index (χ2n) is 6.99. The molecule has 0 radical (unpaired) electrons. The standard InChI is InChI=1S/C20H16F5NO6/c21-11-2-8(6-26)1-9(3-11)10-4-12(20(23,24)25)18(13(22)5-10)32-19-17(30)16(29)15(28)14(7-27)31-19/h1-5,14-17,19,27-30H,7H2/t14-,15-,16+,17+,19-/m1/s1. The molecule has 0 unspecified atom stereocenters. The average Bonchev–Trinajstić information content (AvgIpc) is 2.73. The maximum absolute atomic E-state index is 14.8. The van der Waals surface area contributed by atoms with Gasteiger partial charge in [0, 0.05) is 0 Å². The Hall–Kier alpha value is -2.82. The van der Waals surface area contributed by atoms with E-state index in [2.05, 4.69) is 0 Å². The van der Waals surface area contributed by atoms with Gasteiger partial charge in [0.1, 0.15) is 35.8 Å². The van der Waals surface area contributed by atoms with E-state index in [-0.39, 0.29) is 11.1 Å². The number of rotatable bonds is 4. The van der Waals surface area contributed by atoms with Crippen molar-refractivity contribution in [3.8, 4) is 22.9 Å². The third-order valence-corrected chi connectivity index (χ3v) is 4.79. The highest BCUT2D eigenvalue weighted by Gasteiger charge is 2.46. The van der Waals surface area contributed by atoms with E-state index in [4.69, 9.17) is 14.7 Å². The first-order valence-electron chi connectivity index (χ1n) is 9.05. The van der Waals surface area contributed by atoms with Crippen LogP contribution < -0.4 is 4.74 Å². The van der Waals surface area contributed by atoms with Crippen molar-refractivity contribution in [1.29, 1.82) is 5.26 Å². The topological polar surface area (TPSA) is 123 Å². The van der Waals surface area contributed by atoms with Crippen LogP contribution in [0.1, 0.15) is 11.1 Å². The highest BCUT2D eigenvalue weighted by molar-refractivity contribution is 5.68. The number of aliphatic hydroxyl groups excluding tert-OH is 4. The van der Waals surface area contributed by atoms with Gasteiger partial charge in [-0.15, -0.1) is 0 Å².